The summed E-state index contributed by atoms with van der Waals surface area (Å²) in [4.78, 5) is 0. The smallest absolute Gasteiger partial charge is 0 e. The van der Waals surface area contributed by atoms with Gasteiger partial charge in [0.15, 0.2) is 0 Å². The monoisotopic (exact) mass is 237 g/mol. The van der Waals surface area contributed by atoms with Crippen LogP contribution in [-0.4, -0.2) is 0 Å². The summed E-state index contributed by atoms with van der Waals surface area (Å²) in [5.74, 6) is 0. The Bertz CT molecular complexity index is 6.00. The van der Waals surface area contributed by atoms with Gasteiger partial charge in [0.1, 0.15) is 0 Å². The minimum Gasteiger partial charge on any atom is 0 e. The zero-order chi connectivity index (χ0) is 2.71. The van der Waals surface area contributed by atoms with E-state index >= 15 is 0 Å². The average Bonchev–Trinajstić information content (AvgIpc) is 0.918. The summed E-state index contributed by atoms with van der Waals surface area (Å²) in [6, 6.07) is 0. The summed E-state index contributed by atoms with van der Waals surface area (Å²) in [7, 11) is 0. The first-order chi connectivity index (χ1) is 1.41. The van der Waals surface area contributed by atoms with Crippen LogP contribution in [0.4, 0.5) is 0 Å². The SMILES string of the molecule is [Br][Cu][Br].[O]. The van der Waals surface area contributed by atoms with Crippen molar-refractivity contribution in [3.63, 3.8) is 0 Å². The van der Waals surface area contributed by atoms with Crippen molar-refractivity contribution in [2.45, 2.75) is 0 Å². The van der Waals surface area contributed by atoms with Crippen molar-refractivity contribution in [2.24, 2.45) is 0 Å². The molecule has 1 nitrogen and oxygen atoms in total. The van der Waals surface area contributed by atoms with Crippen LogP contribution in [0.1, 0.15) is 0 Å². The number of hydrogen-bond acceptors (Lipinski definition) is 0. The van der Waals surface area contributed by atoms with Gasteiger partial charge in [0.2, 0.25) is 0 Å². The molecule has 2 radical (unpaired) electrons. The fraction of sp³-hybridized carbons (Fsp3) is 0. The fourth-order valence-corrected chi connectivity index (χ4v) is 0. The van der Waals surface area contributed by atoms with Gasteiger partial charge < -0.3 is 0 Å². The molecule has 0 unspecified atom stereocenters. The number of halogens is 2. The Morgan fingerprint density at radius 2 is 1.25 bits per heavy atom. The Kier molecular flexibility index (Phi) is 20.0. The van der Waals surface area contributed by atoms with Gasteiger partial charge in [-0.25, -0.2) is 0 Å². The summed E-state index contributed by atoms with van der Waals surface area (Å²) < 4.78 is 0. The molecule has 0 aliphatic heterocycles. The van der Waals surface area contributed by atoms with E-state index in [1.165, 1.54) is 11.3 Å². The van der Waals surface area contributed by atoms with Crippen molar-refractivity contribution < 1.29 is 16.8 Å². The van der Waals surface area contributed by atoms with E-state index in [0.717, 1.165) is 0 Å². The molecule has 0 rings (SSSR count). The topological polar surface area (TPSA) is 28.5 Å². The molecule has 31 valence electrons. The summed E-state index contributed by atoms with van der Waals surface area (Å²) >= 11 is 7.38. The first-order valence-corrected chi connectivity index (χ1v) is 4.88. The van der Waals surface area contributed by atoms with Crippen LogP contribution in [0.15, 0.2) is 0 Å². The predicted octanol–water partition coefficient (Wildman–Crippen LogP) is 1.57. The summed E-state index contributed by atoms with van der Waals surface area (Å²) in [6.07, 6.45) is 0. The fourth-order valence-electron chi connectivity index (χ4n) is 0. The Morgan fingerprint density at radius 1 is 1.25 bits per heavy atom. The van der Waals surface area contributed by atoms with Gasteiger partial charge in [-0.05, 0) is 0 Å². The van der Waals surface area contributed by atoms with Gasteiger partial charge in [-0.2, -0.15) is 0 Å². The molecule has 0 fully saturated rings. The van der Waals surface area contributed by atoms with E-state index in [1.807, 2.05) is 0 Å². The first-order valence-electron chi connectivity index (χ1n) is 0.228. The second-order valence-corrected chi connectivity index (χ2v) is 4.80. The van der Waals surface area contributed by atoms with Crippen LogP contribution in [0.5, 0.6) is 0 Å². The van der Waals surface area contributed by atoms with E-state index in [-0.39, 0.29) is 5.48 Å². The molecular formula is Br2CuO. The van der Waals surface area contributed by atoms with Gasteiger partial charge in [0.05, 0.1) is 0 Å². The number of hydrogen-bond donors (Lipinski definition) is 0. The molecule has 4 heteroatoms. The molecular weight excluding hydrogens is 239 g/mol. The summed E-state index contributed by atoms with van der Waals surface area (Å²) in [5, 5.41) is 0. The Morgan fingerprint density at radius 3 is 1.25 bits per heavy atom. The maximum atomic E-state index is 2.97. The minimum atomic E-state index is 0. The second kappa shape index (κ2) is 8.83. The maximum absolute atomic E-state index is 2.97. The van der Waals surface area contributed by atoms with Gasteiger partial charge in [0, 0.05) is 5.48 Å². The van der Waals surface area contributed by atoms with Gasteiger partial charge >= 0.3 is 39.6 Å². The molecule has 0 bridgehead atoms. The van der Waals surface area contributed by atoms with E-state index in [4.69, 9.17) is 0 Å². The summed E-state index contributed by atoms with van der Waals surface area (Å²) in [6.45, 7) is 0. The van der Waals surface area contributed by atoms with E-state index in [2.05, 4.69) is 28.2 Å². The molecule has 0 aliphatic rings. The van der Waals surface area contributed by atoms with Crippen molar-refractivity contribution in [3.8, 4) is 0 Å². The molecule has 0 amide bonds. The molecule has 0 aromatic rings. The quantitative estimate of drug-likeness (QED) is 0.574. The standard InChI is InChI=1S/2BrH.Cu.O/h2*1H;;/q;;+2;/p-2. The molecule has 0 atom stereocenters. The van der Waals surface area contributed by atoms with E-state index in [1.54, 1.807) is 0 Å². The molecule has 0 spiro atoms. The Hall–Kier alpha value is 1.44. The third kappa shape index (κ3) is 9.88. The molecule has 0 heterocycles. The van der Waals surface area contributed by atoms with Crippen molar-refractivity contribution in [1.29, 1.82) is 0 Å². The van der Waals surface area contributed by atoms with Crippen molar-refractivity contribution in [2.75, 3.05) is 0 Å². The van der Waals surface area contributed by atoms with Gasteiger partial charge in [0.25, 0.3) is 0 Å². The van der Waals surface area contributed by atoms with Gasteiger partial charge in [-0.15, -0.1) is 0 Å². The molecule has 0 aliphatic carbocycles. The van der Waals surface area contributed by atoms with Crippen molar-refractivity contribution in [3.05, 3.63) is 0 Å². The zero-order valence-corrected chi connectivity index (χ0v) is 5.58. The maximum Gasteiger partial charge on any atom is 0 e. The molecule has 4 heavy (non-hydrogen) atoms. The van der Waals surface area contributed by atoms with Crippen LogP contribution in [0, 0.1) is 0 Å². The van der Waals surface area contributed by atoms with Gasteiger partial charge in [-0.1, -0.05) is 0 Å². The largest absolute Gasteiger partial charge is 0 e. The predicted molar refractivity (Wildman–Crippen MR) is 18.5 cm³/mol. The minimum absolute atomic E-state index is 0. The van der Waals surface area contributed by atoms with E-state index in [0.29, 0.717) is 0 Å². The molecule has 0 saturated heterocycles. The third-order valence-electron chi connectivity index (χ3n) is 0. The van der Waals surface area contributed by atoms with E-state index < -0.39 is 0 Å². The van der Waals surface area contributed by atoms with Crippen LogP contribution in [0.3, 0.4) is 0 Å². The van der Waals surface area contributed by atoms with Crippen LogP contribution in [-0.2, 0) is 16.8 Å². The van der Waals surface area contributed by atoms with E-state index in [9.17, 15) is 0 Å². The van der Waals surface area contributed by atoms with Crippen molar-refractivity contribution >= 4 is 28.2 Å². The zero-order valence-electron chi connectivity index (χ0n) is 1.47. The molecule has 0 saturated carbocycles. The Labute approximate surface area is 45.0 Å². The van der Waals surface area contributed by atoms with Crippen LogP contribution >= 0.6 is 28.2 Å². The van der Waals surface area contributed by atoms with Gasteiger partial charge in [-0.3, -0.25) is 0 Å². The molecule has 0 N–H and O–H groups in total. The Balaban J connectivity index is 0. The second-order valence-electron chi connectivity index (χ2n) is 0.0431. The van der Waals surface area contributed by atoms with Crippen LogP contribution < -0.4 is 0 Å². The number of rotatable bonds is 0. The summed E-state index contributed by atoms with van der Waals surface area (Å²) in [5.41, 5.74) is 0. The molecule has 0 aromatic heterocycles. The third-order valence-corrected chi connectivity index (χ3v) is 0. The first kappa shape index (κ1) is 9.06. The average molecular weight is 239 g/mol. The van der Waals surface area contributed by atoms with Crippen LogP contribution in [0.25, 0.3) is 0 Å². The van der Waals surface area contributed by atoms with Crippen LogP contribution in [0.2, 0.25) is 0 Å². The van der Waals surface area contributed by atoms with Crippen molar-refractivity contribution in [1.82, 2.24) is 0 Å². The molecule has 0 aromatic carbocycles. The normalized spacial score (nSPS) is 5.50.